The second-order valence-corrected chi connectivity index (χ2v) is 4.37. The van der Waals surface area contributed by atoms with Gasteiger partial charge in [-0.15, -0.1) is 12.6 Å². The minimum Gasteiger partial charge on any atom is -0.346 e. The summed E-state index contributed by atoms with van der Waals surface area (Å²) in [5.74, 6) is 1.79. The van der Waals surface area contributed by atoms with E-state index < -0.39 is 0 Å². The number of pyridine rings is 1. The molecule has 1 heterocycles. The van der Waals surface area contributed by atoms with Gasteiger partial charge in [0.1, 0.15) is 5.94 Å². The van der Waals surface area contributed by atoms with Gasteiger partial charge in [0.2, 0.25) is 0 Å². The Morgan fingerprint density at radius 1 is 1.44 bits per heavy atom. The Balaban J connectivity index is 3.76. The standard InChI is InChI=1S/C12H15NOS2/c1-4-8-9(5-2)13(3)10(6-7-14)12(16)11(8)15/h6,16H,4-5H2,1-3H3. The Morgan fingerprint density at radius 2 is 2.06 bits per heavy atom. The van der Waals surface area contributed by atoms with E-state index in [1.165, 1.54) is 6.08 Å². The van der Waals surface area contributed by atoms with Crippen LogP contribution in [0.25, 0.3) is 6.08 Å². The number of hydrogen-bond acceptors (Lipinski definition) is 3. The van der Waals surface area contributed by atoms with Gasteiger partial charge in [0.15, 0.2) is 0 Å². The van der Waals surface area contributed by atoms with Gasteiger partial charge in [-0.25, -0.2) is 4.79 Å². The van der Waals surface area contributed by atoms with Crippen molar-refractivity contribution in [2.24, 2.45) is 7.05 Å². The summed E-state index contributed by atoms with van der Waals surface area (Å²) in [7, 11) is 1.93. The fraction of sp³-hybridized carbons (Fsp3) is 0.417. The third-order valence-corrected chi connectivity index (χ3v) is 3.78. The van der Waals surface area contributed by atoms with Crippen molar-refractivity contribution in [1.82, 2.24) is 4.57 Å². The molecule has 0 aliphatic heterocycles. The molecule has 86 valence electrons. The molecule has 0 atom stereocenters. The Kier molecular flexibility index (Phi) is 4.54. The molecule has 1 aromatic heterocycles. The van der Waals surface area contributed by atoms with Crippen LogP contribution in [0, 0.1) is 4.51 Å². The van der Waals surface area contributed by atoms with Gasteiger partial charge in [-0.05, 0) is 18.4 Å². The van der Waals surface area contributed by atoms with E-state index >= 15 is 0 Å². The lowest BCUT2D eigenvalue weighted by Crippen LogP contribution is -2.10. The lowest BCUT2D eigenvalue weighted by Gasteiger charge is -2.17. The molecule has 0 amide bonds. The average molecular weight is 253 g/mol. The first-order valence-corrected chi connectivity index (χ1v) is 6.08. The highest BCUT2D eigenvalue weighted by Crippen LogP contribution is 2.24. The summed E-state index contributed by atoms with van der Waals surface area (Å²) in [6.45, 7) is 4.16. The van der Waals surface area contributed by atoms with E-state index in [0.717, 1.165) is 34.3 Å². The highest BCUT2D eigenvalue weighted by Gasteiger charge is 2.11. The van der Waals surface area contributed by atoms with Gasteiger partial charge >= 0.3 is 0 Å². The van der Waals surface area contributed by atoms with Crippen molar-refractivity contribution in [3.63, 3.8) is 0 Å². The fourth-order valence-corrected chi connectivity index (χ4v) is 2.65. The van der Waals surface area contributed by atoms with Crippen molar-refractivity contribution in [3.05, 3.63) is 21.5 Å². The molecule has 0 aliphatic carbocycles. The van der Waals surface area contributed by atoms with Crippen LogP contribution in [0.5, 0.6) is 0 Å². The number of aromatic nitrogens is 1. The predicted molar refractivity (Wildman–Crippen MR) is 72.4 cm³/mol. The van der Waals surface area contributed by atoms with E-state index in [2.05, 4.69) is 26.5 Å². The first-order valence-electron chi connectivity index (χ1n) is 5.22. The Labute approximate surface area is 106 Å². The Morgan fingerprint density at radius 3 is 2.50 bits per heavy atom. The normalized spacial score (nSPS) is 10.0. The van der Waals surface area contributed by atoms with Crippen LogP contribution in [0.1, 0.15) is 30.8 Å². The molecule has 1 rings (SSSR count). The van der Waals surface area contributed by atoms with Crippen LogP contribution < -0.4 is 0 Å². The molecule has 0 aromatic carbocycles. The maximum absolute atomic E-state index is 10.5. The monoisotopic (exact) mass is 253 g/mol. The van der Waals surface area contributed by atoms with Gasteiger partial charge in [-0.2, -0.15) is 0 Å². The van der Waals surface area contributed by atoms with Crippen molar-refractivity contribution in [2.45, 2.75) is 31.6 Å². The highest BCUT2D eigenvalue weighted by molar-refractivity contribution is 7.81. The molecule has 2 nitrogen and oxygen atoms in total. The molecule has 0 spiro atoms. The van der Waals surface area contributed by atoms with E-state index in [1.54, 1.807) is 5.94 Å². The van der Waals surface area contributed by atoms with E-state index in [0.29, 0.717) is 4.90 Å². The van der Waals surface area contributed by atoms with Gasteiger partial charge in [-0.3, -0.25) is 0 Å². The molecule has 16 heavy (non-hydrogen) atoms. The van der Waals surface area contributed by atoms with Gasteiger partial charge in [0.25, 0.3) is 0 Å². The maximum Gasteiger partial charge on any atom is 0.126 e. The summed E-state index contributed by atoms with van der Waals surface area (Å²) in [5, 5.41) is 0. The smallest absolute Gasteiger partial charge is 0.126 e. The highest BCUT2D eigenvalue weighted by atomic mass is 32.1. The van der Waals surface area contributed by atoms with E-state index in [4.69, 9.17) is 12.2 Å². The number of thiol groups is 1. The summed E-state index contributed by atoms with van der Waals surface area (Å²) in [5.41, 5.74) is 3.04. The Hall–Kier alpha value is -0.830. The lowest BCUT2D eigenvalue weighted by molar-refractivity contribution is 0.570. The van der Waals surface area contributed by atoms with Gasteiger partial charge in [0, 0.05) is 23.7 Å². The minimum absolute atomic E-state index is 0.690. The van der Waals surface area contributed by atoms with Crippen molar-refractivity contribution in [2.75, 3.05) is 0 Å². The van der Waals surface area contributed by atoms with Crippen LogP contribution in [0.15, 0.2) is 4.90 Å². The zero-order valence-corrected chi connectivity index (χ0v) is 11.4. The molecule has 0 saturated heterocycles. The molecular formula is C12H15NOS2. The van der Waals surface area contributed by atoms with E-state index in [-0.39, 0.29) is 0 Å². The summed E-state index contributed by atoms with van der Waals surface area (Å²) >= 11 is 9.76. The molecule has 0 N–H and O–H groups in total. The third-order valence-electron chi connectivity index (χ3n) is 2.73. The second-order valence-electron chi connectivity index (χ2n) is 3.52. The summed E-state index contributed by atoms with van der Waals surface area (Å²) in [4.78, 5) is 11.2. The number of carbonyl (C=O) groups excluding carboxylic acids is 1. The molecule has 0 bridgehead atoms. The van der Waals surface area contributed by atoms with Crippen molar-refractivity contribution < 1.29 is 4.79 Å². The summed E-state index contributed by atoms with van der Waals surface area (Å²) < 4.78 is 2.73. The minimum atomic E-state index is 0.690. The molecule has 0 fully saturated rings. The van der Waals surface area contributed by atoms with Gasteiger partial charge in [-0.1, -0.05) is 26.1 Å². The van der Waals surface area contributed by atoms with E-state index in [9.17, 15) is 4.79 Å². The molecular weight excluding hydrogens is 238 g/mol. The average Bonchev–Trinajstić information content (AvgIpc) is 2.29. The van der Waals surface area contributed by atoms with Crippen molar-refractivity contribution in [3.8, 4) is 0 Å². The zero-order chi connectivity index (χ0) is 12.3. The third kappa shape index (κ3) is 2.14. The van der Waals surface area contributed by atoms with Crippen LogP contribution in [0.4, 0.5) is 0 Å². The predicted octanol–water partition coefficient (Wildman–Crippen LogP) is 3.01. The molecule has 0 radical (unpaired) electrons. The Bertz CT molecular complexity index is 511. The topological polar surface area (TPSA) is 22.0 Å². The fourth-order valence-electron chi connectivity index (χ4n) is 1.93. The molecule has 0 aliphatic rings. The van der Waals surface area contributed by atoms with Crippen LogP contribution >= 0.6 is 24.8 Å². The van der Waals surface area contributed by atoms with Crippen LogP contribution in [0.2, 0.25) is 0 Å². The summed E-state index contributed by atoms with van der Waals surface area (Å²) in [6.07, 6.45) is 3.16. The van der Waals surface area contributed by atoms with Gasteiger partial charge in [0.05, 0.1) is 10.2 Å². The van der Waals surface area contributed by atoms with Crippen LogP contribution in [-0.2, 0) is 24.7 Å². The maximum atomic E-state index is 10.5. The van der Waals surface area contributed by atoms with Crippen LogP contribution in [-0.4, -0.2) is 10.5 Å². The molecule has 0 unspecified atom stereocenters. The quantitative estimate of drug-likeness (QED) is 0.508. The lowest BCUT2D eigenvalue weighted by atomic mass is 10.1. The second kappa shape index (κ2) is 5.48. The largest absolute Gasteiger partial charge is 0.346 e. The first kappa shape index (κ1) is 13.2. The zero-order valence-electron chi connectivity index (χ0n) is 9.70. The summed E-state index contributed by atoms with van der Waals surface area (Å²) in [6, 6.07) is 0. The van der Waals surface area contributed by atoms with Gasteiger partial charge < -0.3 is 4.57 Å². The molecule has 4 heteroatoms. The molecule has 0 saturated carbocycles. The van der Waals surface area contributed by atoms with Crippen molar-refractivity contribution >= 4 is 36.9 Å². The molecule has 1 aromatic rings. The number of nitrogens with zero attached hydrogens (tertiary/aromatic N) is 1. The van der Waals surface area contributed by atoms with E-state index in [1.807, 2.05) is 11.6 Å². The van der Waals surface area contributed by atoms with Crippen LogP contribution in [0.3, 0.4) is 0 Å². The number of hydrogen-bond donors (Lipinski definition) is 1. The SMILES string of the molecule is CCc1c(CC)n(C)c(C=C=O)c(S)c1=S. The first-order chi connectivity index (χ1) is 7.58. The number of rotatable bonds is 3. The van der Waals surface area contributed by atoms with Crippen molar-refractivity contribution in [1.29, 1.82) is 0 Å².